The van der Waals surface area contributed by atoms with E-state index >= 15 is 0 Å². The summed E-state index contributed by atoms with van der Waals surface area (Å²) in [4.78, 5) is 9.99. The molecule has 3 rings (SSSR count). The van der Waals surface area contributed by atoms with Crippen LogP contribution in [0.3, 0.4) is 0 Å². The molecule has 4 nitrogen and oxygen atoms in total. The molecule has 0 radical (unpaired) electrons. The van der Waals surface area contributed by atoms with Crippen LogP contribution >= 0.6 is 11.3 Å². The highest BCUT2D eigenvalue weighted by Crippen LogP contribution is 2.29. The summed E-state index contributed by atoms with van der Waals surface area (Å²) >= 11 is 1.80. The first-order valence-corrected chi connectivity index (χ1v) is 8.83. The van der Waals surface area contributed by atoms with Gasteiger partial charge >= 0.3 is 0 Å². The maximum absolute atomic E-state index is 4.84. The van der Waals surface area contributed by atoms with Gasteiger partial charge in [0, 0.05) is 30.6 Å². The van der Waals surface area contributed by atoms with E-state index < -0.39 is 0 Å². The predicted molar refractivity (Wildman–Crippen MR) is 85.6 cm³/mol. The van der Waals surface area contributed by atoms with E-state index in [4.69, 9.17) is 4.98 Å². The number of rotatable bonds is 5. The van der Waals surface area contributed by atoms with Gasteiger partial charge in [0.15, 0.2) is 5.13 Å². The van der Waals surface area contributed by atoms with Gasteiger partial charge in [-0.1, -0.05) is 6.92 Å². The minimum atomic E-state index is 0.363. The lowest BCUT2D eigenvalue weighted by molar-refractivity contribution is 0.260. The Morgan fingerprint density at radius 1 is 1.40 bits per heavy atom. The fourth-order valence-corrected chi connectivity index (χ4v) is 4.31. The van der Waals surface area contributed by atoms with E-state index in [1.807, 2.05) is 0 Å². The molecule has 5 heteroatoms. The van der Waals surface area contributed by atoms with E-state index in [0.717, 1.165) is 12.6 Å². The normalized spacial score (nSPS) is 25.5. The fourth-order valence-electron chi connectivity index (χ4n) is 3.35. The third kappa shape index (κ3) is 3.00. The molecule has 2 aliphatic rings. The lowest BCUT2D eigenvalue weighted by atomic mass is 10.2. The van der Waals surface area contributed by atoms with Crippen LogP contribution in [0.5, 0.6) is 0 Å². The Labute approximate surface area is 126 Å². The van der Waals surface area contributed by atoms with Crippen molar-refractivity contribution in [3.05, 3.63) is 11.1 Å². The molecule has 20 heavy (non-hydrogen) atoms. The van der Waals surface area contributed by atoms with Crippen LogP contribution in [-0.4, -0.2) is 48.6 Å². The second-order valence-electron chi connectivity index (χ2n) is 5.97. The summed E-state index contributed by atoms with van der Waals surface area (Å²) in [5.74, 6) is 0. The van der Waals surface area contributed by atoms with Crippen molar-refractivity contribution in [3.63, 3.8) is 0 Å². The molecule has 3 heterocycles. The van der Waals surface area contributed by atoms with Crippen molar-refractivity contribution in [1.82, 2.24) is 15.2 Å². The fraction of sp³-hybridized carbons (Fsp3) is 0.800. The molecule has 2 saturated heterocycles. The smallest absolute Gasteiger partial charge is 0.185 e. The van der Waals surface area contributed by atoms with Crippen LogP contribution in [0.4, 0.5) is 5.13 Å². The molecule has 0 aliphatic carbocycles. The number of anilines is 1. The number of nitrogens with zero attached hydrogens (tertiary/aromatic N) is 3. The second-order valence-corrected chi connectivity index (χ2v) is 6.80. The average molecular weight is 294 g/mol. The van der Waals surface area contributed by atoms with Gasteiger partial charge in [-0.05, 0) is 45.8 Å². The molecular weight excluding hydrogens is 268 g/mol. The maximum Gasteiger partial charge on any atom is 0.185 e. The Kier molecular flexibility index (Phi) is 4.58. The molecule has 0 spiro atoms. The minimum absolute atomic E-state index is 0.363. The summed E-state index contributed by atoms with van der Waals surface area (Å²) in [6.45, 7) is 10.3. The van der Waals surface area contributed by atoms with Crippen LogP contribution in [0.15, 0.2) is 5.38 Å². The summed E-state index contributed by atoms with van der Waals surface area (Å²) in [6.07, 6.45) is 4.08. The third-order valence-corrected chi connectivity index (χ3v) is 5.47. The average Bonchev–Trinajstić information content (AvgIpc) is 3.19. The predicted octanol–water partition coefficient (Wildman–Crippen LogP) is 2.49. The summed E-state index contributed by atoms with van der Waals surface area (Å²) in [6, 6.07) is 1.12. The van der Waals surface area contributed by atoms with Gasteiger partial charge in [-0.15, -0.1) is 11.3 Å². The van der Waals surface area contributed by atoms with E-state index in [1.54, 1.807) is 11.3 Å². The monoisotopic (exact) mass is 294 g/mol. The molecule has 1 aromatic heterocycles. The Morgan fingerprint density at radius 2 is 2.20 bits per heavy atom. The zero-order valence-electron chi connectivity index (χ0n) is 12.6. The van der Waals surface area contributed by atoms with E-state index in [9.17, 15) is 0 Å². The molecule has 1 aromatic rings. The van der Waals surface area contributed by atoms with Crippen LogP contribution in [0.1, 0.15) is 44.8 Å². The van der Waals surface area contributed by atoms with Crippen molar-refractivity contribution in [3.8, 4) is 0 Å². The Morgan fingerprint density at radius 3 is 2.95 bits per heavy atom. The molecule has 2 fully saturated rings. The van der Waals surface area contributed by atoms with Crippen molar-refractivity contribution < 1.29 is 0 Å². The zero-order chi connectivity index (χ0) is 13.9. The van der Waals surface area contributed by atoms with Crippen molar-refractivity contribution in [2.24, 2.45) is 0 Å². The molecule has 0 bridgehead atoms. The molecule has 0 saturated carbocycles. The van der Waals surface area contributed by atoms with Gasteiger partial charge in [0.2, 0.25) is 0 Å². The highest BCUT2D eigenvalue weighted by atomic mass is 32.1. The van der Waals surface area contributed by atoms with Gasteiger partial charge in [-0.25, -0.2) is 4.98 Å². The van der Waals surface area contributed by atoms with Crippen molar-refractivity contribution in [1.29, 1.82) is 0 Å². The van der Waals surface area contributed by atoms with Crippen molar-refractivity contribution in [2.45, 2.75) is 45.2 Å². The lowest BCUT2D eigenvalue weighted by Crippen LogP contribution is -2.35. The van der Waals surface area contributed by atoms with Gasteiger partial charge in [0.1, 0.15) is 0 Å². The number of nitrogens with one attached hydrogen (secondary N) is 1. The van der Waals surface area contributed by atoms with Crippen molar-refractivity contribution in [2.75, 3.05) is 37.6 Å². The maximum atomic E-state index is 4.84. The van der Waals surface area contributed by atoms with Crippen LogP contribution in [0, 0.1) is 0 Å². The molecule has 2 aliphatic heterocycles. The number of likely N-dealkylation sites (tertiary alicyclic amines) is 1. The van der Waals surface area contributed by atoms with Gasteiger partial charge < -0.3 is 10.2 Å². The molecule has 2 unspecified atom stereocenters. The summed E-state index contributed by atoms with van der Waals surface area (Å²) in [7, 11) is 0. The Balaban J connectivity index is 1.60. The summed E-state index contributed by atoms with van der Waals surface area (Å²) in [5, 5.41) is 6.87. The van der Waals surface area contributed by atoms with Gasteiger partial charge in [0.05, 0.1) is 5.69 Å². The van der Waals surface area contributed by atoms with Gasteiger partial charge in [-0.2, -0.15) is 0 Å². The topological polar surface area (TPSA) is 31.4 Å². The van der Waals surface area contributed by atoms with Crippen LogP contribution in [0.25, 0.3) is 0 Å². The van der Waals surface area contributed by atoms with Crippen LogP contribution < -0.4 is 10.2 Å². The first-order valence-electron chi connectivity index (χ1n) is 7.95. The molecule has 1 N–H and O–H groups in total. The number of hydrogen-bond acceptors (Lipinski definition) is 5. The first kappa shape index (κ1) is 14.3. The third-order valence-electron chi connectivity index (χ3n) is 4.55. The van der Waals surface area contributed by atoms with Crippen LogP contribution in [0.2, 0.25) is 0 Å². The van der Waals surface area contributed by atoms with Crippen molar-refractivity contribution >= 4 is 16.5 Å². The number of thiazole rings is 1. The van der Waals surface area contributed by atoms with Gasteiger partial charge in [-0.3, -0.25) is 4.90 Å². The summed E-state index contributed by atoms with van der Waals surface area (Å²) < 4.78 is 0. The number of hydrogen-bond donors (Lipinski definition) is 1. The van der Waals surface area contributed by atoms with E-state index in [0.29, 0.717) is 6.04 Å². The zero-order valence-corrected chi connectivity index (χ0v) is 13.5. The Bertz CT molecular complexity index is 427. The highest BCUT2D eigenvalue weighted by Gasteiger charge is 2.30. The van der Waals surface area contributed by atoms with Crippen LogP contribution in [-0.2, 0) is 0 Å². The first-order chi connectivity index (χ1) is 9.78. The Hall–Kier alpha value is -0.650. The quantitative estimate of drug-likeness (QED) is 0.904. The van der Waals surface area contributed by atoms with Gasteiger partial charge in [0.25, 0.3) is 0 Å². The molecular formula is C15H26N4S. The standard InChI is InChI=1S/C15H26N4S/c1-3-16-12(2)14-11-20-15(17-14)19-9-6-13(10-19)18-7-4-5-8-18/h11-13,16H,3-10H2,1-2H3. The SMILES string of the molecule is CCNC(C)c1csc(N2CCC(N3CCCC3)C2)n1. The largest absolute Gasteiger partial charge is 0.346 e. The minimum Gasteiger partial charge on any atom is -0.346 e. The van der Waals surface area contributed by atoms with E-state index in [2.05, 4.69) is 34.3 Å². The molecule has 0 amide bonds. The van der Waals surface area contributed by atoms with E-state index in [-0.39, 0.29) is 0 Å². The molecule has 112 valence electrons. The summed E-state index contributed by atoms with van der Waals surface area (Å²) in [5.41, 5.74) is 1.19. The number of aromatic nitrogens is 1. The van der Waals surface area contributed by atoms with E-state index in [1.165, 1.54) is 56.3 Å². The molecule has 0 aromatic carbocycles. The molecule has 2 atom stereocenters. The second kappa shape index (κ2) is 6.41. The highest BCUT2D eigenvalue weighted by molar-refractivity contribution is 7.13. The lowest BCUT2D eigenvalue weighted by Gasteiger charge is -2.23.